The molecule has 0 spiro atoms. The number of allylic oxidation sites excluding steroid dienone is 1. The lowest BCUT2D eigenvalue weighted by Crippen LogP contribution is -2.31. The molecule has 0 aliphatic heterocycles. The number of nitrogens with zero attached hydrogens (tertiary/aromatic N) is 2. The van der Waals surface area contributed by atoms with Crippen LogP contribution in [0.1, 0.15) is 39.9 Å². The number of carbonyl (C=O) groups is 1. The van der Waals surface area contributed by atoms with Crippen molar-refractivity contribution in [2.24, 2.45) is 0 Å². The van der Waals surface area contributed by atoms with Crippen LogP contribution in [-0.2, 0) is 16.6 Å². The second-order valence-corrected chi connectivity index (χ2v) is 6.25. The van der Waals surface area contributed by atoms with Gasteiger partial charge < -0.3 is 4.74 Å². The van der Waals surface area contributed by atoms with Crippen molar-refractivity contribution < 1.29 is 9.53 Å². The highest BCUT2D eigenvalue weighted by atomic mass is 16.5. The van der Waals surface area contributed by atoms with Gasteiger partial charge in [-0.1, -0.05) is 48.6 Å². The summed E-state index contributed by atoms with van der Waals surface area (Å²) in [5.41, 5.74) is 3.73. The van der Waals surface area contributed by atoms with Crippen LogP contribution in [0.5, 0.6) is 0 Å². The Kier molecular flexibility index (Phi) is 4.13. The van der Waals surface area contributed by atoms with E-state index in [2.05, 4.69) is 33.4 Å². The number of hydrogen-bond donors (Lipinski definition) is 1. The molecule has 0 fully saturated rings. The lowest BCUT2D eigenvalue weighted by atomic mass is 9.70. The van der Waals surface area contributed by atoms with E-state index < -0.39 is 11.4 Å². The van der Waals surface area contributed by atoms with Gasteiger partial charge in [-0.05, 0) is 24.6 Å². The van der Waals surface area contributed by atoms with Crippen molar-refractivity contribution in [2.75, 3.05) is 6.61 Å². The van der Waals surface area contributed by atoms with Crippen LogP contribution in [0, 0.1) is 0 Å². The summed E-state index contributed by atoms with van der Waals surface area (Å²) in [4.78, 5) is 16.7. The van der Waals surface area contributed by atoms with E-state index in [1.165, 1.54) is 0 Å². The van der Waals surface area contributed by atoms with Gasteiger partial charge in [0, 0.05) is 23.9 Å². The predicted molar refractivity (Wildman–Crippen MR) is 98.7 cm³/mol. The molecule has 130 valence electrons. The molecule has 2 heterocycles. The van der Waals surface area contributed by atoms with E-state index in [1.54, 1.807) is 13.1 Å². The van der Waals surface area contributed by atoms with Gasteiger partial charge in [-0.15, -0.1) is 0 Å². The molecular weight excluding hydrogens is 326 g/mol. The number of esters is 1. The minimum atomic E-state index is -0.409. The van der Waals surface area contributed by atoms with Crippen molar-refractivity contribution >= 4 is 12.0 Å². The van der Waals surface area contributed by atoms with Gasteiger partial charge in [0.1, 0.15) is 0 Å². The number of rotatable bonds is 4. The van der Waals surface area contributed by atoms with Gasteiger partial charge in [-0.2, -0.15) is 5.10 Å². The molecule has 4 rings (SSSR count). The van der Waals surface area contributed by atoms with Crippen LogP contribution in [0.25, 0.3) is 6.08 Å². The van der Waals surface area contributed by atoms with E-state index in [4.69, 9.17) is 4.74 Å². The standard InChI is InChI=1S/C21H19N3O2/c1-2-26-20(25)19-16-11-12-21(14-17(16)23-24-19,15-8-4-3-5-9-15)18-10-6-7-13-22-18/h3-13H,2,14H2,1H3,(H,23,24). The third kappa shape index (κ3) is 2.62. The molecule has 1 aliphatic rings. The summed E-state index contributed by atoms with van der Waals surface area (Å²) in [6.45, 7) is 2.11. The van der Waals surface area contributed by atoms with Crippen molar-refractivity contribution in [3.05, 3.63) is 89.0 Å². The van der Waals surface area contributed by atoms with E-state index in [0.29, 0.717) is 18.7 Å². The lowest BCUT2D eigenvalue weighted by molar-refractivity contribution is 0.0519. The Morgan fingerprint density at radius 2 is 2.00 bits per heavy atom. The van der Waals surface area contributed by atoms with Gasteiger partial charge in [0.05, 0.1) is 17.7 Å². The number of aromatic nitrogens is 3. The largest absolute Gasteiger partial charge is 0.461 e. The quantitative estimate of drug-likeness (QED) is 0.735. The summed E-state index contributed by atoms with van der Waals surface area (Å²) in [6.07, 6.45) is 6.52. The number of fused-ring (bicyclic) bond motifs is 1. The smallest absolute Gasteiger partial charge is 0.359 e. The molecule has 2 aromatic heterocycles. The number of ether oxygens (including phenoxy) is 1. The van der Waals surface area contributed by atoms with Crippen LogP contribution in [0.15, 0.2) is 60.8 Å². The zero-order chi connectivity index (χ0) is 18.0. The zero-order valence-electron chi connectivity index (χ0n) is 14.5. The highest BCUT2D eigenvalue weighted by Gasteiger charge is 2.38. The number of benzene rings is 1. The molecule has 5 nitrogen and oxygen atoms in total. The summed E-state index contributed by atoms with van der Waals surface area (Å²) in [7, 11) is 0. The van der Waals surface area contributed by atoms with Crippen LogP contribution in [-0.4, -0.2) is 27.8 Å². The van der Waals surface area contributed by atoms with Gasteiger partial charge in [0.2, 0.25) is 0 Å². The molecule has 1 N–H and O–H groups in total. The van der Waals surface area contributed by atoms with Crippen LogP contribution in [0.2, 0.25) is 0 Å². The minimum absolute atomic E-state index is 0.325. The minimum Gasteiger partial charge on any atom is -0.461 e. The summed E-state index contributed by atoms with van der Waals surface area (Å²) >= 11 is 0. The van der Waals surface area contributed by atoms with Crippen LogP contribution >= 0.6 is 0 Å². The monoisotopic (exact) mass is 345 g/mol. The van der Waals surface area contributed by atoms with Gasteiger partial charge in [-0.3, -0.25) is 10.1 Å². The Morgan fingerprint density at radius 3 is 2.73 bits per heavy atom. The van der Waals surface area contributed by atoms with Crippen molar-refractivity contribution in [2.45, 2.75) is 18.8 Å². The fraction of sp³-hybridized carbons (Fsp3) is 0.190. The first-order valence-corrected chi connectivity index (χ1v) is 8.65. The fourth-order valence-corrected chi connectivity index (χ4v) is 3.50. The number of aromatic amines is 1. The van der Waals surface area contributed by atoms with Crippen molar-refractivity contribution in [1.82, 2.24) is 15.2 Å². The maximum Gasteiger partial charge on any atom is 0.359 e. The summed E-state index contributed by atoms with van der Waals surface area (Å²) < 4.78 is 5.11. The molecule has 26 heavy (non-hydrogen) atoms. The number of hydrogen-bond acceptors (Lipinski definition) is 4. The Bertz CT molecular complexity index is 906. The first-order chi connectivity index (χ1) is 12.7. The number of pyridine rings is 1. The van der Waals surface area contributed by atoms with Crippen molar-refractivity contribution in [3.8, 4) is 0 Å². The Labute approximate surface area is 151 Å². The molecule has 0 saturated carbocycles. The summed E-state index contributed by atoms with van der Waals surface area (Å²) in [5.74, 6) is -0.403. The SMILES string of the molecule is CCOC(=O)c1n[nH]c2c1C=CC(c1ccccc1)(c1ccccn1)C2. The summed E-state index contributed by atoms with van der Waals surface area (Å²) in [5, 5.41) is 7.23. The van der Waals surface area contributed by atoms with Gasteiger partial charge in [0.15, 0.2) is 5.69 Å². The second kappa shape index (κ2) is 6.59. The Hall–Kier alpha value is -3.21. The maximum atomic E-state index is 12.1. The average molecular weight is 345 g/mol. The molecule has 0 amide bonds. The van der Waals surface area contributed by atoms with E-state index in [0.717, 1.165) is 22.5 Å². The molecule has 5 heteroatoms. The topological polar surface area (TPSA) is 67.9 Å². The molecular formula is C21H19N3O2. The molecule has 3 aromatic rings. The number of nitrogens with one attached hydrogen (secondary N) is 1. The second-order valence-electron chi connectivity index (χ2n) is 6.25. The normalized spacial score (nSPS) is 18.3. The first-order valence-electron chi connectivity index (χ1n) is 8.65. The van der Waals surface area contributed by atoms with Crippen LogP contribution in [0.4, 0.5) is 0 Å². The van der Waals surface area contributed by atoms with Gasteiger partial charge in [0.25, 0.3) is 0 Å². The molecule has 0 bridgehead atoms. The first kappa shape index (κ1) is 16.3. The third-order valence-electron chi connectivity index (χ3n) is 4.75. The molecule has 0 radical (unpaired) electrons. The Balaban J connectivity index is 1.83. The number of carbonyl (C=O) groups excluding carboxylic acids is 1. The van der Waals surface area contributed by atoms with E-state index in [-0.39, 0.29) is 0 Å². The third-order valence-corrected chi connectivity index (χ3v) is 4.75. The highest BCUT2D eigenvalue weighted by Crippen LogP contribution is 2.40. The van der Waals surface area contributed by atoms with E-state index >= 15 is 0 Å². The average Bonchev–Trinajstić information content (AvgIpc) is 3.12. The Morgan fingerprint density at radius 1 is 1.19 bits per heavy atom. The number of H-pyrrole nitrogens is 1. The van der Waals surface area contributed by atoms with E-state index in [9.17, 15) is 4.79 Å². The van der Waals surface area contributed by atoms with Crippen molar-refractivity contribution in [1.29, 1.82) is 0 Å². The van der Waals surface area contributed by atoms with E-state index in [1.807, 2.05) is 42.5 Å². The molecule has 0 saturated heterocycles. The van der Waals surface area contributed by atoms with Gasteiger partial charge in [-0.25, -0.2) is 4.79 Å². The van der Waals surface area contributed by atoms with Crippen LogP contribution < -0.4 is 0 Å². The highest BCUT2D eigenvalue weighted by molar-refractivity contribution is 5.92. The van der Waals surface area contributed by atoms with Crippen LogP contribution in [0.3, 0.4) is 0 Å². The molecule has 1 aromatic carbocycles. The molecule has 1 atom stereocenters. The molecule has 1 aliphatic carbocycles. The maximum absolute atomic E-state index is 12.1. The predicted octanol–water partition coefficient (Wildman–Crippen LogP) is 3.54. The lowest BCUT2D eigenvalue weighted by Gasteiger charge is -2.33. The fourth-order valence-electron chi connectivity index (χ4n) is 3.50. The summed E-state index contributed by atoms with van der Waals surface area (Å²) in [6, 6.07) is 16.2. The molecule has 1 unspecified atom stereocenters. The van der Waals surface area contributed by atoms with Crippen molar-refractivity contribution in [3.63, 3.8) is 0 Å². The van der Waals surface area contributed by atoms with Gasteiger partial charge >= 0.3 is 5.97 Å². The zero-order valence-corrected chi connectivity index (χ0v) is 14.5.